The van der Waals surface area contributed by atoms with Crippen molar-refractivity contribution in [2.75, 3.05) is 18.5 Å². The first kappa shape index (κ1) is 10.1. The van der Waals surface area contributed by atoms with E-state index in [0.717, 1.165) is 23.6 Å². The largest absolute Gasteiger partial charge is 0.486 e. The van der Waals surface area contributed by atoms with E-state index in [1.165, 1.54) is 0 Å². The maximum Gasteiger partial charge on any atom is 0.163 e. The Morgan fingerprint density at radius 1 is 1.27 bits per heavy atom. The van der Waals surface area contributed by atoms with Crippen LogP contribution in [0.2, 0.25) is 0 Å². The highest BCUT2D eigenvalue weighted by Gasteiger charge is 2.11. The minimum atomic E-state index is 0.479. The van der Waals surface area contributed by atoms with E-state index in [1.807, 2.05) is 18.2 Å². The third kappa shape index (κ3) is 2.35. The van der Waals surface area contributed by atoms with Crippen LogP contribution >= 0.6 is 0 Å². The summed E-state index contributed by atoms with van der Waals surface area (Å²) < 4.78 is 11.0. The summed E-state index contributed by atoms with van der Waals surface area (Å²) in [6.45, 7) is 5.61. The molecule has 0 saturated heterocycles. The maximum absolute atomic E-state index is 5.51. The van der Waals surface area contributed by atoms with Crippen molar-refractivity contribution in [3.05, 3.63) is 18.2 Å². The van der Waals surface area contributed by atoms with Crippen molar-refractivity contribution in [2.24, 2.45) is 0 Å². The molecule has 1 aromatic carbocycles. The SMILES string of the molecule is CCC(C)Nc1ccc2c(c1)OCCO2. The van der Waals surface area contributed by atoms with E-state index in [4.69, 9.17) is 9.47 Å². The molecular weight excluding hydrogens is 190 g/mol. The van der Waals surface area contributed by atoms with Crippen molar-refractivity contribution in [3.8, 4) is 11.5 Å². The summed E-state index contributed by atoms with van der Waals surface area (Å²) in [6.07, 6.45) is 1.11. The first-order valence-electron chi connectivity index (χ1n) is 5.46. The van der Waals surface area contributed by atoms with Gasteiger partial charge in [0.1, 0.15) is 13.2 Å². The molecule has 0 bridgehead atoms. The number of hydrogen-bond donors (Lipinski definition) is 1. The van der Waals surface area contributed by atoms with Crippen LogP contribution in [-0.4, -0.2) is 19.3 Å². The van der Waals surface area contributed by atoms with E-state index >= 15 is 0 Å². The van der Waals surface area contributed by atoms with Crippen LogP contribution in [0, 0.1) is 0 Å². The Labute approximate surface area is 90.4 Å². The minimum Gasteiger partial charge on any atom is -0.486 e. The molecule has 0 aromatic heterocycles. The van der Waals surface area contributed by atoms with Gasteiger partial charge in [-0.25, -0.2) is 0 Å². The molecule has 0 saturated carbocycles. The molecule has 3 heteroatoms. The highest BCUT2D eigenvalue weighted by atomic mass is 16.6. The number of hydrogen-bond acceptors (Lipinski definition) is 3. The second-order valence-electron chi connectivity index (χ2n) is 3.81. The van der Waals surface area contributed by atoms with E-state index in [1.54, 1.807) is 0 Å². The number of ether oxygens (including phenoxy) is 2. The van der Waals surface area contributed by atoms with Crippen LogP contribution in [0.4, 0.5) is 5.69 Å². The Morgan fingerprint density at radius 3 is 2.73 bits per heavy atom. The monoisotopic (exact) mass is 207 g/mol. The van der Waals surface area contributed by atoms with Gasteiger partial charge in [-0.2, -0.15) is 0 Å². The first-order chi connectivity index (χ1) is 7.29. The lowest BCUT2D eigenvalue weighted by molar-refractivity contribution is 0.171. The van der Waals surface area contributed by atoms with Crippen molar-refractivity contribution < 1.29 is 9.47 Å². The molecule has 15 heavy (non-hydrogen) atoms. The number of fused-ring (bicyclic) bond motifs is 1. The summed E-state index contributed by atoms with van der Waals surface area (Å²) in [5, 5.41) is 3.41. The normalized spacial score (nSPS) is 15.9. The summed E-state index contributed by atoms with van der Waals surface area (Å²) in [5.74, 6) is 1.69. The van der Waals surface area contributed by atoms with Crippen LogP contribution in [0.25, 0.3) is 0 Å². The second kappa shape index (κ2) is 4.43. The quantitative estimate of drug-likeness (QED) is 0.826. The number of rotatable bonds is 3. The summed E-state index contributed by atoms with van der Waals surface area (Å²) >= 11 is 0. The molecule has 1 aliphatic rings. The van der Waals surface area contributed by atoms with Crippen molar-refractivity contribution in [3.63, 3.8) is 0 Å². The molecule has 0 radical (unpaired) electrons. The molecule has 0 aliphatic carbocycles. The van der Waals surface area contributed by atoms with Crippen LogP contribution < -0.4 is 14.8 Å². The second-order valence-corrected chi connectivity index (χ2v) is 3.81. The molecule has 1 aromatic rings. The van der Waals surface area contributed by atoms with Crippen molar-refractivity contribution in [1.29, 1.82) is 0 Å². The van der Waals surface area contributed by atoms with E-state index in [9.17, 15) is 0 Å². The molecule has 82 valence electrons. The average molecular weight is 207 g/mol. The molecule has 2 rings (SSSR count). The Hall–Kier alpha value is -1.38. The Morgan fingerprint density at radius 2 is 2.00 bits per heavy atom. The van der Waals surface area contributed by atoms with Gasteiger partial charge in [0.2, 0.25) is 0 Å². The summed E-state index contributed by atoms with van der Waals surface area (Å²) in [7, 11) is 0. The predicted molar refractivity (Wildman–Crippen MR) is 60.8 cm³/mol. The minimum absolute atomic E-state index is 0.479. The van der Waals surface area contributed by atoms with Gasteiger partial charge in [0.05, 0.1) is 0 Å². The summed E-state index contributed by atoms with van der Waals surface area (Å²) in [5.41, 5.74) is 1.09. The van der Waals surface area contributed by atoms with Gasteiger partial charge < -0.3 is 14.8 Å². The third-order valence-corrected chi connectivity index (χ3v) is 2.57. The molecule has 1 N–H and O–H groups in total. The Balaban J connectivity index is 2.13. The van der Waals surface area contributed by atoms with E-state index in [-0.39, 0.29) is 0 Å². The van der Waals surface area contributed by atoms with Gasteiger partial charge >= 0.3 is 0 Å². The van der Waals surface area contributed by atoms with Crippen LogP contribution in [0.3, 0.4) is 0 Å². The summed E-state index contributed by atoms with van der Waals surface area (Å²) in [4.78, 5) is 0. The van der Waals surface area contributed by atoms with Gasteiger partial charge in [-0.1, -0.05) is 6.92 Å². The van der Waals surface area contributed by atoms with Crippen molar-refractivity contribution >= 4 is 5.69 Å². The highest BCUT2D eigenvalue weighted by Crippen LogP contribution is 2.32. The third-order valence-electron chi connectivity index (χ3n) is 2.57. The number of anilines is 1. The molecule has 1 atom stereocenters. The molecule has 0 spiro atoms. The van der Waals surface area contributed by atoms with Gasteiger partial charge in [-0.3, -0.25) is 0 Å². The van der Waals surface area contributed by atoms with Crippen LogP contribution in [0.5, 0.6) is 11.5 Å². The van der Waals surface area contributed by atoms with Crippen LogP contribution in [0.1, 0.15) is 20.3 Å². The topological polar surface area (TPSA) is 30.5 Å². The molecule has 1 aliphatic heterocycles. The van der Waals surface area contributed by atoms with Crippen LogP contribution in [-0.2, 0) is 0 Å². The summed E-state index contributed by atoms with van der Waals surface area (Å²) in [6, 6.07) is 6.46. The van der Waals surface area contributed by atoms with E-state index in [0.29, 0.717) is 19.3 Å². The van der Waals surface area contributed by atoms with Gasteiger partial charge in [0.15, 0.2) is 11.5 Å². The lowest BCUT2D eigenvalue weighted by Gasteiger charge is -2.20. The zero-order valence-corrected chi connectivity index (χ0v) is 9.25. The van der Waals surface area contributed by atoms with E-state index in [2.05, 4.69) is 19.2 Å². The van der Waals surface area contributed by atoms with Crippen LogP contribution in [0.15, 0.2) is 18.2 Å². The zero-order valence-electron chi connectivity index (χ0n) is 9.25. The maximum atomic E-state index is 5.51. The zero-order chi connectivity index (χ0) is 10.7. The number of nitrogens with one attached hydrogen (secondary N) is 1. The number of benzene rings is 1. The smallest absolute Gasteiger partial charge is 0.163 e. The fourth-order valence-corrected chi connectivity index (χ4v) is 1.52. The fraction of sp³-hybridized carbons (Fsp3) is 0.500. The van der Waals surface area contributed by atoms with Crippen molar-refractivity contribution in [2.45, 2.75) is 26.3 Å². The lowest BCUT2D eigenvalue weighted by atomic mass is 10.2. The van der Waals surface area contributed by atoms with E-state index < -0.39 is 0 Å². The lowest BCUT2D eigenvalue weighted by Crippen LogP contribution is -2.17. The van der Waals surface area contributed by atoms with Gasteiger partial charge in [-0.15, -0.1) is 0 Å². The highest BCUT2D eigenvalue weighted by molar-refractivity contribution is 5.55. The first-order valence-corrected chi connectivity index (χ1v) is 5.46. The van der Waals surface area contributed by atoms with Gasteiger partial charge in [-0.05, 0) is 25.5 Å². The Kier molecular flexibility index (Phi) is 2.99. The molecule has 0 fully saturated rings. The average Bonchev–Trinajstić information content (AvgIpc) is 2.29. The fourth-order valence-electron chi connectivity index (χ4n) is 1.52. The van der Waals surface area contributed by atoms with Gasteiger partial charge in [0, 0.05) is 17.8 Å². The molecule has 3 nitrogen and oxygen atoms in total. The standard InChI is InChI=1S/C12H17NO2/c1-3-9(2)13-10-4-5-11-12(8-10)15-7-6-14-11/h4-5,8-9,13H,3,6-7H2,1-2H3. The Bertz CT molecular complexity index is 338. The molecule has 1 heterocycles. The molecular formula is C12H17NO2. The predicted octanol–water partition coefficient (Wildman–Crippen LogP) is 2.67. The molecule has 0 amide bonds. The van der Waals surface area contributed by atoms with Crippen molar-refractivity contribution in [1.82, 2.24) is 0 Å². The van der Waals surface area contributed by atoms with Gasteiger partial charge in [0.25, 0.3) is 0 Å². The molecule has 1 unspecified atom stereocenters.